The number of hydrogen-bond donors (Lipinski definition) is 0. The molecule has 0 aliphatic rings. The highest BCUT2D eigenvalue weighted by Crippen LogP contribution is 2.57. The predicted octanol–water partition coefficient (Wildman–Crippen LogP) is 4.57. The van der Waals surface area contributed by atoms with E-state index in [2.05, 4.69) is 31.3 Å². The van der Waals surface area contributed by atoms with Crippen molar-refractivity contribution in [2.75, 3.05) is 18.5 Å². The summed E-state index contributed by atoms with van der Waals surface area (Å²) in [5, 5.41) is 0. The van der Waals surface area contributed by atoms with Crippen molar-refractivity contribution in [2.45, 2.75) is 0 Å². The van der Waals surface area contributed by atoms with Gasteiger partial charge in [0, 0.05) is 5.56 Å². The smallest absolute Gasteiger partial charge is 0.0995 e. The highest BCUT2D eigenvalue weighted by Gasteiger charge is 2.31. The molecular weight excluding hydrogens is 235 g/mol. The molecule has 0 nitrogen and oxygen atoms in total. The molecule has 0 heterocycles. The van der Waals surface area contributed by atoms with Crippen molar-refractivity contribution >= 4 is 7.26 Å². The Kier molecular flexibility index (Phi) is 6.20. The number of rotatable bonds is 6. The molecule has 0 atom stereocenters. The van der Waals surface area contributed by atoms with Crippen molar-refractivity contribution in [2.24, 2.45) is 0 Å². The van der Waals surface area contributed by atoms with Crippen molar-refractivity contribution in [3.8, 4) is 11.6 Å². The lowest BCUT2D eigenvalue weighted by Crippen LogP contribution is -2.02. The maximum Gasteiger partial charge on any atom is 0.104 e. The molecule has 0 radical (unpaired) electrons. The minimum absolute atomic E-state index is 0.963. The summed E-state index contributed by atoms with van der Waals surface area (Å²) in [6.45, 7) is 11.6. The van der Waals surface area contributed by atoms with Gasteiger partial charge in [-0.15, -0.1) is 0 Å². The maximum atomic E-state index is 3.86. The van der Waals surface area contributed by atoms with E-state index in [9.17, 15) is 0 Å². The zero-order valence-corrected chi connectivity index (χ0v) is 11.7. The molecule has 0 unspecified atom stereocenters. The van der Waals surface area contributed by atoms with Crippen LogP contribution in [0.25, 0.3) is 0 Å². The summed E-state index contributed by atoms with van der Waals surface area (Å²) >= 11 is 0. The Hall–Kier alpha value is -1.57. The minimum atomic E-state index is -1.38. The van der Waals surface area contributed by atoms with E-state index >= 15 is 0 Å². The average molecular weight is 255 g/mol. The Morgan fingerprint density at radius 2 is 1.39 bits per heavy atom. The fourth-order valence-electron chi connectivity index (χ4n) is 1.81. The number of allylic oxidation sites excluding steroid dienone is 3. The van der Waals surface area contributed by atoms with E-state index in [-0.39, 0.29) is 0 Å². The SMILES string of the molecule is C=CC[P+](C#Cc1ccccc1)(CC=C)CC=C. The molecule has 0 saturated carbocycles. The molecule has 1 heteroatoms. The quantitative estimate of drug-likeness (QED) is 0.397. The van der Waals surface area contributed by atoms with Gasteiger partial charge in [-0.05, 0) is 18.1 Å². The van der Waals surface area contributed by atoms with Crippen LogP contribution in [-0.2, 0) is 0 Å². The molecule has 0 saturated heterocycles. The Balaban J connectivity index is 3.02. The second-order valence-electron chi connectivity index (χ2n) is 4.16. The van der Waals surface area contributed by atoms with Crippen LogP contribution in [0.1, 0.15) is 5.56 Å². The van der Waals surface area contributed by atoms with E-state index in [1.165, 1.54) is 0 Å². The summed E-state index contributed by atoms with van der Waals surface area (Å²) in [5.41, 5.74) is 4.57. The first-order valence-electron chi connectivity index (χ1n) is 6.03. The van der Waals surface area contributed by atoms with Crippen LogP contribution in [0.5, 0.6) is 0 Å². The van der Waals surface area contributed by atoms with E-state index in [1.807, 2.05) is 48.6 Å². The molecule has 1 aromatic rings. The van der Waals surface area contributed by atoms with Gasteiger partial charge in [0.2, 0.25) is 0 Å². The lowest BCUT2D eigenvalue weighted by Gasteiger charge is -2.15. The van der Waals surface area contributed by atoms with Crippen LogP contribution in [0.4, 0.5) is 0 Å². The first-order valence-corrected chi connectivity index (χ1v) is 8.38. The molecule has 1 rings (SSSR count). The van der Waals surface area contributed by atoms with E-state index in [1.54, 1.807) is 0 Å². The highest BCUT2D eigenvalue weighted by atomic mass is 31.2. The summed E-state index contributed by atoms with van der Waals surface area (Å²) in [4.78, 5) is 0. The molecule has 0 aliphatic heterocycles. The van der Waals surface area contributed by atoms with Crippen LogP contribution in [-0.4, -0.2) is 18.5 Å². The minimum Gasteiger partial charge on any atom is -0.0995 e. The van der Waals surface area contributed by atoms with Gasteiger partial charge in [-0.2, -0.15) is 0 Å². The molecule has 1 aromatic carbocycles. The average Bonchev–Trinajstić information content (AvgIpc) is 2.39. The summed E-state index contributed by atoms with van der Waals surface area (Å²) in [6.07, 6.45) is 8.81. The summed E-state index contributed by atoms with van der Waals surface area (Å²) < 4.78 is 0. The molecule has 0 fully saturated rings. The molecule has 0 amide bonds. The normalized spacial score (nSPS) is 10.0. The molecule has 0 aliphatic carbocycles. The Morgan fingerprint density at radius 3 is 1.83 bits per heavy atom. The maximum absolute atomic E-state index is 3.86. The van der Waals surface area contributed by atoms with Gasteiger partial charge in [-0.1, -0.05) is 56.2 Å². The van der Waals surface area contributed by atoms with Crippen LogP contribution in [0.15, 0.2) is 68.3 Å². The molecule has 0 aromatic heterocycles. The largest absolute Gasteiger partial charge is 0.104 e. The van der Waals surface area contributed by atoms with Crippen molar-refractivity contribution in [1.82, 2.24) is 0 Å². The number of benzene rings is 1. The van der Waals surface area contributed by atoms with Crippen LogP contribution in [0.3, 0.4) is 0 Å². The molecule has 0 N–H and O–H groups in total. The standard InChI is InChI=1S/C17H20P/c1-4-13-18(14-5-2,15-6-3)16-12-17-10-8-7-9-11-17/h4-11H,1-3,13-15H2/q+1. The molecule has 92 valence electrons. The molecular formula is C17H20P+. The zero-order chi connectivity index (χ0) is 13.3. The Bertz CT molecular complexity index is 433. The van der Waals surface area contributed by atoms with Gasteiger partial charge in [0.05, 0.1) is 24.1 Å². The first-order chi connectivity index (χ1) is 8.76. The van der Waals surface area contributed by atoms with E-state index < -0.39 is 7.26 Å². The number of hydrogen-bond acceptors (Lipinski definition) is 0. The van der Waals surface area contributed by atoms with Crippen molar-refractivity contribution in [3.05, 3.63) is 73.9 Å². The Morgan fingerprint density at radius 1 is 0.889 bits per heavy atom. The summed E-state index contributed by atoms with van der Waals surface area (Å²) in [6, 6.07) is 10.1. The van der Waals surface area contributed by atoms with Gasteiger partial charge in [-0.25, -0.2) is 0 Å². The van der Waals surface area contributed by atoms with Gasteiger partial charge in [0.25, 0.3) is 0 Å². The Labute approximate surface area is 111 Å². The topological polar surface area (TPSA) is 0 Å². The third-order valence-electron chi connectivity index (χ3n) is 2.65. The second-order valence-corrected chi connectivity index (χ2v) is 7.77. The van der Waals surface area contributed by atoms with Crippen LogP contribution in [0.2, 0.25) is 0 Å². The lowest BCUT2D eigenvalue weighted by molar-refractivity contribution is 1.55. The van der Waals surface area contributed by atoms with Crippen LogP contribution in [0, 0.1) is 11.6 Å². The summed E-state index contributed by atoms with van der Waals surface area (Å²) in [7, 11) is -1.38. The van der Waals surface area contributed by atoms with Crippen molar-refractivity contribution in [3.63, 3.8) is 0 Å². The zero-order valence-electron chi connectivity index (χ0n) is 10.8. The van der Waals surface area contributed by atoms with Gasteiger partial charge in [0.15, 0.2) is 0 Å². The fraction of sp³-hybridized carbons (Fsp3) is 0.176. The van der Waals surface area contributed by atoms with Gasteiger partial charge >= 0.3 is 0 Å². The van der Waals surface area contributed by atoms with Crippen molar-refractivity contribution in [1.29, 1.82) is 0 Å². The lowest BCUT2D eigenvalue weighted by atomic mass is 10.2. The first kappa shape index (κ1) is 14.5. The van der Waals surface area contributed by atoms with E-state index in [0.29, 0.717) is 0 Å². The third-order valence-corrected chi connectivity index (χ3v) is 6.10. The molecule has 18 heavy (non-hydrogen) atoms. The van der Waals surface area contributed by atoms with E-state index in [0.717, 1.165) is 24.0 Å². The monoisotopic (exact) mass is 255 g/mol. The van der Waals surface area contributed by atoms with E-state index in [4.69, 9.17) is 0 Å². The van der Waals surface area contributed by atoms with Gasteiger partial charge in [-0.3, -0.25) is 0 Å². The van der Waals surface area contributed by atoms with Crippen molar-refractivity contribution < 1.29 is 0 Å². The molecule has 0 bridgehead atoms. The van der Waals surface area contributed by atoms with Gasteiger partial charge < -0.3 is 0 Å². The predicted molar refractivity (Wildman–Crippen MR) is 85.4 cm³/mol. The molecule has 0 spiro atoms. The third kappa shape index (κ3) is 4.36. The van der Waals surface area contributed by atoms with Crippen LogP contribution < -0.4 is 0 Å². The summed E-state index contributed by atoms with van der Waals surface area (Å²) in [5.74, 6) is 3.30. The van der Waals surface area contributed by atoms with Crippen LogP contribution >= 0.6 is 7.26 Å². The fourth-order valence-corrected chi connectivity index (χ4v) is 4.38. The second kappa shape index (κ2) is 7.70. The highest BCUT2D eigenvalue weighted by molar-refractivity contribution is 7.81. The van der Waals surface area contributed by atoms with Gasteiger partial charge in [0.1, 0.15) is 7.26 Å².